The molecule has 0 spiro atoms. The normalized spacial score (nSPS) is 17.8. The highest BCUT2D eigenvalue weighted by molar-refractivity contribution is 7.09. The summed E-state index contributed by atoms with van der Waals surface area (Å²) in [5.74, 6) is 0.487. The van der Waals surface area contributed by atoms with Crippen molar-refractivity contribution < 1.29 is 4.79 Å². The molecule has 0 bridgehead atoms. The van der Waals surface area contributed by atoms with Crippen LogP contribution in [0.15, 0.2) is 11.7 Å². The Morgan fingerprint density at radius 2 is 2.42 bits per heavy atom. The second-order valence-corrected chi connectivity index (χ2v) is 7.32. The van der Waals surface area contributed by atoms with Gasteiger partial charge in [0.25, 0.3) is 5.91 Å². The lowest BCUT2D eigenvalue weighted by Gasteiger charge is -2.22. The maximum atomic E-state index is 12.5. The van der Waals surface area contributed by atoms with Crippen molar-refractivity contribution in [1.82, 2.24) is 30.2 Å². The predicted molar refractivity (Wildman–Crippen MR) is 93.1 cm³/mol. The monoisotopic (exact) mass is 348 g/mol. The summed E-state index contributed by atoms with van der Waals surface area (Å²) in [6, 6.07) is 0. The Labute approximate surface area is 146 Å². The summed E-state index contributed by atoms with van der Waals surface area (Å²) in [5, 5.41) is 11.6. The number of aromatic nitrogens is 4. The van der Waals surface area contributed by atoms with E-state index < -0.39 is 0 Å². The van der Waals surface area contributed by atoms with Gasteiger partial charge in [0, 0.05) is 31.4 Å². The molecule has 1 unspecified atom stereocenters. The van der Waals surface area contributed by atoms with Crippen molar-refractivity contribution in [3.05, 3.63) is 28.0 Å². The Hall–Kier alpha value is -1.80. The van der Waals surface area contributed by atoms with Crippen LogP contribution in [0.5, 0.6) is 0 Å². The minimum absolute atomic E-state index is 0.0785. The van der Waals surface area contributed by atoms with Gasteiger partial charge in [0.05, 0.1) is 17.4 Å². The number of carbonyl (C=O) groups is 1. The Balaban J connectivity index is 1.53. The molecule has 1 saturated heterocycles. The van der Waals surface area contributed by atoms with Crippen LogP contribution < -0.4 is 5.32 Å². The second-order valence-electron chi connectivity index (χ2n) is 6.38. The standard InChI is InChI=1S/C16H24N6OS/c1-12-15(24-11-18-12)5-7-21(2)16(23)14-10-22(20-19-14)9-13-4-3-6-17-8-13/h10-11,13,17H,3-9H2,1-2H3. The zero-order chi connectivity index (χ0) is 16.9. The molecule has 0 aliphatic carbocycles. The maximum Gasteiger partial charge on any atom is 0.275 e. The lowest BCUT2D eigenvalue weighted by atomic mass is 10.00. The van der Waals surface area contributed by atoms with Crippen molar-refractivity contribution in [2.75, 3.05) is 26.7 Å². The highest BCUT2D eigenvalue weighted by Gasteiger charge is 2.18. The fraction of sp³-hybridized carbons (Fsp3) is 0.625. The van der Waals surface area contributed by atoms with Crippen molar-refractivity contribution in [2.24, 2.45) is 5.92 Å². The van der Waals surface area contributed by atoms with Crippen LogP contribution in [-0.2, 0) is 13.0 Å². The van der Waals surface area contributed by atoms with Gasteiger partial charge in [-0.15, -0.1) is 16.4 Å². The molecule has 1 atom stereocenters. The molecule has 8 heteroatoms. The lowest BCUT2D eigenvalue weighted by Crippen LogP contribution is -2.32. The van der Waals surface area contributed by atoms with Gasteiger partial charge < -0.3 is 10.2 Å². The minimum Gasteiger partial charge on any atom is -0.340 e. The summed E-state index contributed by atoms with van der Waals surface area (Å²) in [6.07, 6.45) is 4.99. The first-order valence-corrected chi connectivity index (χ1v) is 9.26. The number of carbonyl (C=O) groups excluding carboxylic acids is 1. The van der Waals surface area contributed by atoms with Gasteiger partial charge in [-0.25, -0.2) is 4.98 Å². The molecule has 1 fully saturated rings. The number of hydrogen-bond acceptors (Lipinski definition) is 6. The number of nitrogens with one attached hydrogen (secondary N) is 1. The van der Waals surface area contributed by atoms with Crippen LogP contribution in [0.2, 0.25) is 0 Å². The topological polar surface area (TPSA) is 75.9 Å². The first-order chi connectivity index (χ1) is 11.6. The molecule has 3 rings (SSSR count). The van der Waals surface area contributed by atoms with Gasteiger partial charge in [-0.05, 0) is 38.8 Å². The number of amides is 1. The Morgan fingerprint density at radius 3 is 3.12 bits per heavy atom. The van der Waals surface area contributed by atoms with E-state index in [-0.39, 0.29) is 5.91 Å². The van der Waals surface area contributed by atoms with Crippen molar-refractivity contribution in [1.29, 1.82) is 0 Å². The zero-order valence-corrected chi connectivity index (χ0v) is 15.1. The molecule has 1 aliphatic rings. The molecule has 3 heterocycles. The Kier molecular flexibility index (Phi) is 5.57. The van der Waals surface area contributed by atoms with Gasteiger partial charge in [-0.2, -0.15) is 0 Å². The quantitative estimate of drug-likeness (QED) is 0.853. The van der Waals surface area contributed by atoms with Crippen LogP contribution in [-0.4, -0.2) is 57.5 Å². The summed E-state index contributed by atoms with van der Waals surface area (Å²) in [6.45, 7) is 5.58. The number of nitrogens with zero attached hydrogens (tertiary/aromatic N) is 5. The van der Waals surface area contributed by atoms with Crippen molar-refractivity contribution in [2.45, 2.75) is 32.7 Å². The van der Waals surface area contributed by atoms with Gasteiger partial charge in [-0.1, -0.05) is 5.21 Å². The van der Waals surface area contributed by atoms with E-state index in [4.69, 9.17) is 0 Å². The first kappa shape index (κ1) is 17.0. The van der Waals surface area contributed by atoms with Crippen LogP contribution in [0.4, 0.5) is 0 Å². The average Bonchev–Trinajstić information content (AvgIpc) is 3.22. The molecule has 1 N–H and O–H groups in total. The summed E-state index contributed by atoms with van der Waals surface area (Å²) in [7, 11) is 1.81. The first-order valence-electron chi connectivity index (χ1n) is 8.38. The van der Waals surface area contributed by atoms with Crippen molar-refractivity contribution in [3.63, 3.8) is 0 Å². The second kappa shape index (κ2) is 7.85. The fourth-order valence-corrected chi connectivity index (χ4v) is 3.73. The van der Waals surface area contributed by atoms with Crippen molar-refractivity contribution in [3.8, 4) is 0 Å². The molecule has 1 amide bonds. The highest BCUT2D eigenvalue weighted by atomic mass is 32.1. The molecular weight excluding hydrogens is 324 g/mol. The van der Waals surface area contributed by atoms with Crippen LogP contribution in [0.3, 0.4) is 0 Å². The lowest BCUT2D eigenvalue weighted by molar-refractivity contribution is 0.0791. The van der Waals surface area contributed by atoms with Gasteiger partial charge in [-0.3, -0.25) is 9.48 Å². The van der Waals surface area contributed by atoms with E-state index in [0.717, 1.165) is 31.7 Å². The molecule has 1 aliphatic heterocycles. The number of rotatable bonds is 6. The SMILES string of the molecule is Cc1ncsc1CCN(C)C(=O)c1cn(CC2CCCNC2)nn1. The third kappa shape index (κ3) is 4.18. The van der Waals surface area contributed by atoms with E-state index in [2.05, 4.69) is 20.6 Å². The Bertz CT molecular complexity index is 676. The highest BCUT2D eigenvalue weighted by Crippen LogP contribution is 2.14. The molecule has 2 aromatic heterocycles. The van der Waals surface area contributed by atoms with E-state index in [9.17, 15) is 4.79 Å². The van der Waals surface area contributed by atoms with Crippen molar-refractivity contribution >= 4 is 17.2 Å². The van der Waals surface area contributed by atoms with Crippen LogP contribution in [0, 0.1) is 12.8 Å². The van der Waals surface area contributed by atoms with E-state index in [1.54, 1.807) is 27.1 Å². The van der Waals surface area contributed by atoms with E-state index in [0.29, 0.717) is 18.2 Å². The number of likely N-dealkylation sites (N-methyl/N-ethyl adjacent to an activating group) is 1. The smallest absolute Gasteiger partial charge is 0.275 e. The Morgan fingerprint density at radius 1 is 1.54 bits per heavy atom. The molecule has 2 aromatic rings. The predicted octanol–water partition coefficient (Wildman–Crippen LogP) is 1.36. The number of hydrogen-bond donors (Lipinski definition) is 1. The minimum atomic E-state index is -0.0785. The summed E-state index contributed by atoms with van der Waals surface area (Å²) >= 11 is 1.64. The zero-order valence-electron chi connectivity index (χ0n) is 14.2. The van der Waals surface area contributed by atoms with Gasteiger partial charge >= 0.3 is 0 Å². The molecular formula is C16H24N6OS. The van der Waals surface area contributed by atoms with Gasteiger partial charge in [0.15, 0.2) is 5.69 Å². The van der Waals surface area contributed by atoms with Crippen LogP contribution in [0.25, 0.3) is 0 Å². The molecule has 7 nitrogen and oxygen atoms in total. The van der Waals surface area contributed by atoms with E-state index >= 15 is 0 Å². The molecule has 0 aromatic carbocycles. The van der Waals surface area contributed by atoms with E-state index in [1.165, 1.54) is 17.7 Å². The van der Waals surface area contributed by atoms with Crippen LogP contribution >= 0.6 is 11.3 Å². The molecule has 130 valence electrons. The van der Waals surface area contributed by atoms with Crippen LogP contribution in [0.1, 0.15) is 33.9 Å². The van der Waals surface area contributed by atoms with E-state index in [1.807, 2.05) is 19.5 Å². The largest absolute Gasteiger partial charge is 0.340 e. The third-order valence-corrected chi connectivity index (χ3v) is 5.46. The van der Waals surface area contributed by atoms with Gasteiger partial charge in [0.1, 0.15) is 0 Å². The number of aryl methyl sites for hydroxylation is 1. The summed E-state index contributed by atoms with van der Waals surface area (Å²) in [4.78, 5) is 19.6. The molecule has 24 heavy (non-hydrogen) atoms. The molecule has 0 saturated carbocycles. The molecule has 0 radical (unpaired) electrons. The maximum absolute atomic E-state index is 12.5. The van der Waals surface area contributed by atoms with Gasteiger partial charge in [0.2, 0.25) is 0 Å². The summed E-state index contributed by atoms with van der Waals surface area (Å²) in [5.41, 5.74) is 3.31. The summed E-state index contributed by atoms with van der Waals surface area (Å²) < 4.78 is 1.80. The third-order valence-electron chi connectivity index (χ3n) is 4.47. The fourth-order valence-electron chi connectivity index (χ4n) is 2.96. The number of thiazole rings is 1. The number of piperidine rings is 1. The average molecular weight is 348 g/mol.